The number of thiol groups is 1. The summed E-state index contributed by atoms with van der Waals surface area (Å²) in [5.74, 6) is -0.665. The van der Waals surface area contributed by atoms with E-state index in [9.17, 15) is 17.6 Å². The Balaban J connectivity index is 3.05. The predicted octanol–water partition coefficient (Wildman–Crippen LogP) is 4.18. The first-order chi connectivity index (χ1) is 7.46. The molecule has 0 nitrogen and oxygen atoms in total. The average Bonchev–Trinajstić information content (AvgIpc) is 2.19. The molecule has 0 spiro atoms. The molecule has 5 heteroatoms. The van der Waals surface area contributed by atoms with Crippen molar-refractivity contribution in [1.29, 1.82) is 0 Å². The molecule has 0 saturated carbocycles. The molecule has 0 heterocycles. The van der Waals surface area contributed by atoms with Gasteiger partial charge in [-0.1, -0.05) is 24.3 Å². The smallest absolute Gasteiger partial charge is 0.206 e. The lowest BCUT2D eigenvalue weighted by Crippen LogP contribution is -2.08. The molecule has 16 heavy (non-hydrogen) atoms. The van der Waals surface area contributed by atoms with Crippen LogP contribution < -0.4 is 0 Å². The van der Waals surface area contributed by atoms with Crippen LogP contribution in [0.1, 0.15) is 17.5 Å². The number of hydrogen-bond acceptors (Lipinski definition) is 1. The first-order valence-electron chi connectivity index (χ1n) is 4.60. The van der Waals surface area contributed by atoms with Crippen LogP contribution in [0.3, 0.4) is 0 Å². The van der Waals surface area contributed by atoms with Gasteiger partial charge in [0.2, 0.25) is 0 Å². The van der Waals surface area contributed by atoms with Gasteiger partial charge in [-0.2, -0.15) is 25.8 Å². The van der Waals surface area contributed by atoms with E-state index in [1.54, 1.807) is 6.08 Å². The molecule has 1 aromatic rings. The van der Waals surface area contributed by atoms with Crippen LogP contribution >= 0.6 is 12.6 Å². The van der Waals surface area contributed by atoms with Crippen molar-refractivity contribution in [2.24, 2.45) is 0 Å². The lowest BCUT2D eigenvalue weighted by molar-refractivity contribution is -0.140. The maximum atomic E-state index is 13.4. The fourth-order valence-electron chi connectivity index (χ4n) is 1.18. The molecule has 0 aliphatic rings. The Morgan fingerprint density at radius 2 is 1.94 bits per heavy atom. The van der Waals surface area contributed by atoms with Gasteiger partial charge in [0.25, 0.3) is 0 Å². The summed E-state index contributed by atoms with van der Waals surface area (Å²) < 4.78 is 50.4. The van der Waals surface area contributed by atoms with Gasteiger partial charge in [0, 0.05) is 5.56 Å². The van der Waals surface area contributed by atoms with Crippen LogP contribution in [0.25, 0.3) is 6.08 Å². The van der Waals surface area contributed by atoms with E-state index in [0.717, 1.165) is 6.07 Å². The Morgan fingerprint density at radius 1 is 1.25 bits per heavy atom. The molecule has 0 bridgehead atoms. The van der Waals surface area contributed by atoms with E-state index in [0.29, 0.717) is 12.2 Å². The molecule has 1 aromatic carbocycles. The first-order valence-corrected chi connectivity index (χ1v) is 5.23. The highest BCUT2D eigenvalue weighted by atomic mass is 32.1. The lowest BCUT2D eigenvalue weighted by atomic mass is 10.1. The van der Waals surface area contributed by atoms with Crippen molar-refractivity contribution in [3.8, 4) is 0 Å². The molecule has 0 atom stereocenters. The van der Waals surface area contributed by atoms with Crippen LogP contribution in [-0.4, -0.2) is 5.75 Å². The SMILES string of the molecule is Fc1c(C=CCCS)cccc1C(F)(F)F. The summed E-state index contributed by atoms with van der Waals surface area (Å²) in [5.41, 5.74) is -1.29. The maximum Gasteiger partial charge on any atom is 0.419 e. The highest BCUT2D eigenvalue weighted by Gasteiger charge is 2.34. The topological polar surface area (TPSA) is 0 Å². The summed E-state index contributed by atoms with van der Waals surface area (Å²) in [6.07, 6.45) is -1.15. The van der Waals surface area contributed by atoms with E-state index >= 15 is 0 Å². The Morgan fingerprint density at radius 3 is 2.50 bits per heavy atom. The minimum atomic E-state index is -4.66. The molecule has 88 valence electrons. The Kier molecular flexibility index (Phi) is 4.41. The molecule has 0 aliphatic heterocycles. The third kappa shape index (κ3) is 3.27. The molecule has 0 saturated heterocycles. The third-order valence-electron chi connectivity index (χ3n) is 1.93. The zero-order chi connectivity index (χ0) is 12.2. The summed E-state index contributed by atoms with van der Waals surface area (Å²) in [6, 6.07) is 3.22. The number of halogens is 4. The van der Waals surface area contributed by atoms with Gasteiger partial charge in [0.1, 0.15) is 5.82 Å². The van der Waals surface area contributed by atoms with Crippen molar-refractivity contribution in [3.63, 3.8) is 0 Å². The van der Waals surface area contributed by atoms with Crippen LogP contribution in [-0.2, 0) is 6.18 Å². The monoisotopic (exact) mass is 250 g/mol. The largest absolute Gasteiger partial charge is 0.419 e. The molecule has 0 aromatic heterocycles. The summed E-state index contributed by atoms with van der Waals surface area (Å²) in [4.78, 5) is 0. The van der Waals surface area contributed by atoms with E-state index in [1.165, 1.54) is 18.2 Å². The second-order valence-corrected chi connectivity index (χ2v) is 3.57. The molecule has 0 radical (unpaired) electrons. The number of rotatable bonds is 3. The molecule has 0 amide bonds. The quantitative estimate of drug-likeness (QED) is 0.604. The second-order valence-electron chi connectivity index (χ2n) is 3.12. The fourth-order valence-corrected chi connectivity index (χ4v) is 1.33. The first kappa shape index (κ1) is 13.1. The highest BCUT2D eigenvalue weighted by molar-refractivity contribution is 7.80. The van der Waals surface area contributed by atoms with E-state index in [2.05, 4.69) is 12.6 Å². The minimum Gasteiger partial charge on any atom is -0.206 e. The third-order valence-corrected chi connectivity index (χ3v) is 2.19. The van der Waals surface area contributed by atoms with Crippen molar-refractivity contribution in [3.05, 3.63) is 41.2 Å². The van der Waals surface area contributed by atoms with E-state index < -0.39 is 17.6 Å². The van der Waals surface area contributed by atoms with Gasteiger partial charge in [0.15, 0.2) is 0 Å². The molecule has 0 fully saturated rings. The van der Waals surface area contributed by atoms with Crippen LogP contribution in [0.2, 0.25) is 0 Å². The Hall–Kier alpha value is -0.970. The minimum absolute atomic E-state index is 0.0587. The molecule has 0 N–H and O–H groups in total. The number of benzene rings is 1. The van der Waals surface area contributed by atoms with Crippen LogP contribution in [0.15, 0.2) is 24.3 Å². The van der Waals surface area contributed by atoms with Gasteiger partial charge in [0.05, 0.1) is 5.56 Å². The van der Waals surface area contributed by atoms with Crippen LogP contribution in [0, 0.1) is 5.82 Å². The summed E-state index contributed by atoms with van der Waals surface area (Å²) in [5, 5.41) is 0. The molecular weight excluding hydrogens is 240 g/mol. The van der Waals surface area contributed by atoms with Crippen molar-refractivity contribution < 1.29 is 17.6 Å². The zero-order valence-electron chi connectivity index (χ0n) is 8.26. The van der Waals surface area contributed by atoms with Crippen molar-refractivity contribution in [1.82, 2.24) is 0 Å². The summed E-state index contributed by atoms with van der Waals surface area (Å²) in [7, 11) is 0. The normalized spacial score (nSPS) is 12.3. The van der Waals surface area contributed by atoms with Gasteiger partial charge in [-0.05, 0) is 18.2 Å². The van der Waals surface area contributed by atoms with Gasteiger partial charge in [-0.25, -0.2) is 4.39 Å². The summed E-state index contributed by atoms with van der Waals surface area (Å²) in [6.45, 7) is 0. The zero-order valence-corrected chi connectivity index (χ0v) is 9.15. The Bertz CT molecular complexity index is 382. The fraction of sp³-hybridized carbons (Fsp3) is 0.273. The number of allylic oxidation sites excluding steroid dienone is 1. The summed E-state index contributed by atoms with van der Waals surface area (Å²) >= 11 is 3.93. The van der Waals surface area contributed by atoms with Crippen molar-refractivity contribution >= 4 is 18.7 Å². The predicted molar refractivity (Wildman–Crippen MR) is 58.9 cm³/mol. The van der Waals surface area contributed by atoms with Crippen molar-refractivity contribution in [2.75, 3.05) is 5.75 Å². The van der Waals surface area contributed by atoms with Gasteiger partial charge < -0.3 is 0 Å². The van der Waals surface area contributed by atoms with E-state index in [1.807, 2.05) is 0 Å². The van der Waals surface area contributed by atoms with Gasteiger partial charge >= 0.3 is 6.18 Å². The highest BCUT2D eigenvalue weighted by Crippen LogP contribution is 2.32. The molecule has 0 aliphatic carbocycles. The molecule has 1 rings (SSSR count). The van der Waals surface area contributed by atoms with E-state index in [4.69, 9.17) is 0 Å². The van der Waals surface area contributed by atoms with Crippen molar-refractivity contribution in [2.45, 2.75) is 12.6 Å². The van der Waals surface area contributed by atoms with Crippen LogP contribution in [0.5, 0.6) is 0 Å². The van der Waals surface area contributed by atoms with E-state index in [-0.39, 0.29) is 5.56 Å². The maximum absolute atomic E-state index is 13.4. The molecule has 0 unspecified atom stereocenters. The van der Waals surface area contributed by atoms with Crippen LogP contribution in [0.4, 0.5) is 17.6 Å². The number of alkyl halides is 3. The Labute approximate surface area is 96.4 Å². The molecular formula is C11H10F4S. The van der Waals surface area contributed by atoms with Gasteiger partial charge in [-0.3, -0.25) is 0 Å². The average molecular weight is 250 g/mol. The number of hydrogen-bond donors (Lipinski definition) is 1. The lowest BCUT2D eigenvalue weighted by Gasteiger charge is -2.09. The van der Waals surface area contributed by atoms with Gasteiger partial charge in [-0.15, -0.1) is 0 Å². The standard InChI is InChI=1S/C11H10F4S/c12-10-8(4-1-2-7-16)5-3-6-9(10)11(13,14)15/h1,3-6,16H,2,7H2. The second kappa shape index (κ2) is 5.39.